The van der Waals surface area contributed by atoms with E-state index in [1.807, 2.05) is 18.2 Å². The van der Waals surface area contributed by atoms with E-state index in [4.69, 9.17) is 4.74 Å². The lowest BCUT2D eigenvalue weighted by Gasteiger charge is -2.02. The molecule has 0 aromatic rings. The molecule has 1 aliphatic rings. The first-order valence-corrected chi connectivity index (χ1v) is 4.15. The Morgan fingerprint density at radius 3 is 3.00 bits per heavy atom. The first-order chi connectivity index (χ1) is 6.20. The van der Waals surface area contributed by atoms with Gasteiger partial charge in [-0.2, -0.15) is 0 Å². The molecule has 0 aromatic heterocycles. The van der Waals surface area contributed by atoms with Gasteiger partial charge in [0.1, 0.15) is 0 Å². The molecule has 0 heterocycles. The molecular weight excluding hydrogens is 164 g/mol. The van der Waals surface area contributed by atoms with Crippen molar-refractivity contribution in [2.75, 3.05) is 6.61 Å². The zero-order chi connectivity index (χ0) is 9.68. The number of carbonyl (C=O) groups excluding carboxylic acids is 1. The first-order valence-electron chi connectivity index (χ1n) is 4.15. The monoisotopic (exact) mass is 176 g/mol. The molecule has 0 bridgehead atoms. The number of allylic oxidation sites excluding steroid dienone is 2. The third kappa shape index (κ3) is 3.14. The molecule has 13 heavy (non-hydrogen) atoms. The smallest absolute Gasteiger partial charge is 0.333 e. The van der Waals surface area contributed by atoms with Crippen LogP contribution in [0.5, 0.6) is 0 Å². The van der Waals surface area contributed by atoms with Gasteiger partial charge in [0.25, 0.3) is 0 Å². The van der Waals surface area contributed by atoms with Crippen LogP contribution in [-0.2, 0) is 9.53 Å². The average molecular weight is 176 g/mol. The summed E-state index contributed by atoms with van der Waals surface area (Å²) < 4.78 is 4.92. The number of carbonyl (C=O) groups is 1. The van der Waals surface area contributed by atoms with Gasteiger partial charge >= 0.3 is 5.97 Å². The molecule has 2 nitrogen and oxygen atoms in total. The van der Waals surface area contributed by atoms with Crippen LogP contribution in [0.1, 0.15) is 13.3 Å². The standard InChI is InChI=1S/C11H12O2/c1-9(2)11(12)13-8-7-10-5-3-4-6-10/h3-5H,1,7-8H2,2H3. The Morgan fingerprint density at radius 2 is 2.46 bits per heavy atom. The van der Waals surface area contributed by atoms with E-state index in [0.29, 0.717) is 18.6 Å². The lowest BCUT2D eigenvalue weighted by Crippen LogP contribution is -2.06. The maximum absolute atomic E-state index is 10.9. The number of ether oxygens (including phenoxy) is 1. The van der Waals surface area contributed by atoms with Gasteiger partial charge in [-0.15, -0.1) is 5.73 Å². The molecule has 68 valence electrons. The highest BCUT2D eigenvalue weighted by Crippen LogP contribution is 2.07. The second-order valence-corrected chi connectivity index (χ2v) is 2.86. The van der Waals surface area contributed by atoms with Gasteiger partial charge in [0, 0.05) is 12.0 Å². The quantitative estimate of drug-likeness (QED) is 0.372. The highest BCUT2D eigenvalue weighted by Gasteiger charge is 2.02. The van der Waals surface area contributed by atoms with Gasteiger partial charge in [0.2, 0.25) is 0 Å². The minimum absolute atomic E-state index is 0.327. The minimum atomic E-state index is -0.327. The van der Waals surface area contributed by atoms with Crippen LogP contribution in [0.25, 0.3) is 0 Å². The number of rotatable bonds is 4. The molecule has 0 spiro atoms. The lowest BCUT2D eigenvalue weighted by molar-refractivity contribution is -0.138. The van der Waals surface area contributed by atoms with Gasteiger partial charge in [-0.25, -0.2) is 4.79 Å². The van der Waals surface area contributed by atoms with Crippen molar-refractivity contribution in [2.45, 2.75) is 13.3 Å². The highest BCUT2D eigenvalue weighted by atomic mass is 16.5. The molecule has 0 amide bonds. The zero-order valence-corrected chi connectivity index (χ0v) is 7.67. The van der Waals surface area contributed by atoms with Crippen molar-refractivity contribution in [1.82, 2.24) is 0 Å². The van der Waals surface area contributed by atoms with Gasteiger partial charge in [-0.05, 0) is 18.6 Å². The van der Waals surface area contributed by atoms with Gasteiger partial charge in [-0.1, -0.05) is 18.7 Å². The summed E-state index contributed by atoms with van der Waals surface area (Å²) in [6, 6.07) is 0. The summed E-state index contributed by atoms with van der Waals surface area (Å²) in [5, 5.41) is 0. The maximum atomic E-state index is 10.9. The Bertz CT molecular complexity index is 315. The Balaban J connectivity index is 2.21. The molecule has 0 N–H and O–H groups in total. The molecule has 0 aliphatic heterocycles. The summed E-state index contributed by atoms with van der Waals surface area (Å²) in [6.45, 7) is 5.52. The van der Waals surface area contributed by atoms with E-state index in [0.717, 1.165) is 5.57 Å². The Labute approximate surface area is 77.9 Å². The molecule has 1 aliphatic carbocycles. The maximum Gasteiger partial charge on any atom is 0.333 e. The van der Waals surface area contributed by atoms with Crippen molar-refractivity contribution in [3.05, 3.63) is 41.7 Å². The second kappa shape index (κ2) is 4.48. The summed E-state index contributed by atoms with van der Waals surface area (Å²) in [7, 11) is 0. The summed E-state index contributed by atoms with van der Waals surface area (Å²) in [4.78, 5) is 10.9. The van der Waals surface area contributed by atoms with E-state index in [2.05, 4.69) is 12.3 Å². The number of hydrogen-bond donors (Lipinski definition) is 0. The molecule has 0 saturated carbocycles. The SMILES string of the molecule is C=C(C)C(=O)OCCC1=C=CC=C1. The van der Waals surface area contributed by atoms with Crippen LogP contribution in [0.3, 0.4) is 0 Å². The van der Waals surface area contributed by atoms with Crippen LogP contribution in [0.2, 0.25) is 0 Å². The van der Waals surface area contributed by atoms with Crippen molar-refractivity contribution in [3.63, 3.8) is 0 Å². The van der Waals surface area contributed by atoms with Crippen LogP contribution >= 0.6 is 0 Å². The van der Waals surface area contributed by atoms with Crippen molar-refractivity contribution in [1.29, 1.82) is 0 Å². The van der Waals surface area contributed by atoms with Gasteiger partial charge < -0.3 is 4.74 Å². The lowest BCUT2D eigenvalue weighted by atomic mass is 10.2. The molecule has 0 atom stereocenters. The molecule has 0 fully saturated rings. The molecule has 0 unspecified atom stereocenters. The summed E-state index contributed by atoms with van der Waals surface area (Å²) in [6.07, 6.45) is 6.42. The molecule has 0 aromatic carbocycles. The fourth-order valence-electron chi connectivity index (χ4n) is 0.900. The van der Waals surface area contributed by atoms with Gasteiger partial charge in [-0.3, -0.25) is 0 Å². The fraction of sp³-hybridized carbons (Fsp3) is 0.273. The molecule has 0 saturated heterocycles. The Kier molecular flexibility index (Phi) is 3.30. The zero-order valence-electron chi connectivity index (χ0n) is 7.67. The number of hydrogen-bond acceptors (Lipinski definition) is 2. The first kappa shape index (κ1) is 9.56. The van der Waals surface area contributed by atoms with E-state index in [9.17, 15) is 4.79 Å². The van der Waals surface area contributed by atoms with Crippen molar-refractivity contribution < 1.29 is 9.53 Å². The van der Waals surface area contributed by atoms with Crippen LogP contribution in [-0.4, -0.2) is 12.6 Å². The van der Waals surface area contributed by atoms with Gasteiger partial charge in [0.05, 0.1) is 6.61 Å². The fourth-order valence-corrected chi connectivity index (χ4v) is 0.900. The normalized spacial score (nSPS) is 12.8. The van der Waals surface area contributed by atoms with Crippen molar-refractivity contribution >= 4 is 5.97 Å². The van der Waals surface area contributed by atoms with Crippen molar-refractivity contribution in [3.8, 4) is 0 Å². The van der Waals surface area contributed by atoms with Crippen LogP contribution in [0, 0.1) is 0 Å². The summed E-state index contributed by atoms with van der Waals surface area (Å²) >= 11 is 0. The van der Waals surface area contributed by atoms with E-state index < -0.39 is 0 Å². The number of esters is 1. The largest absolute Gasteiger partial charge is 0.462 e. The molecule has 0 radical (unpaired) electrons. The van der Waals surface area contributed by atoms with E-state index >= 15 is 0 Å². The summed E-state index contributed by atoms with van der Waals surface area (Å²) in [5.74, 6) is -0.327. The van der Waals surface area contributed by atoms with Crippen LogP contribution < -0.4 is 0 Å². The predicted octanol–water partition coefficient (Wildman–Crippen LogP) is 2.15. The minimum Gasteiger partial charge on any atom is -0.462 e. The average Bonchev–Trinajstić information content (AvgIpc) is 2.56. The predicted molar refractivity (Wildman–Crippen MR) is 51.1 cm³/mol. The summed E-state index contributed by atoms with van der Waals surface area (Å²) in [5.41, 5.74) is 4.53. The third-order valence-corrected chi connectivity index (χ3v) is 1.62. The molecule has 1 rings (SSSR count). The van der Waals surface area contributed by atoms with E-state index in [1.165, 1.54) is 0 Å². The molecular formula is C11H12O2. The third-order valence-electron chi connectivity index (χ3n) is 1.62. The van der Waals surface area contributed by atoms with E-state index in [1.54, 1.807) is 6.92 Å². The second-order valence-electron chi connectivity index (χ2n) is 2.86. The highest BCUT2D eigenvalue weighted by molar-refractivity contribution is 5.86. The molecule has 2 heteroatoms. The van der Waals surface area contributed by atoms with Gasteiger partial charge in [0.15, 0.2) is 0 Å². The topological polar surface area (TPSA) is 26.3 Å². The Morgan fingerprint density at radius 1 is 1.69 bits per heavy atom. The van der Waals surface area contributed by atoms with Crippen LogP contribution in [0.15, 0.2) is 41.7 Å². The Hall–Kier alpha value is -1.53. The van der Waals surface area contributed by atoms with E-state index in [-0.39, 0.29) is 5.97 Å². The van der Waals surface area contributed by atoms with Crippen molar-refractivity contribution in [2.24, 2.45) is 0 Å². The van der Waals surface area contributed by atoms with Crippen LogP contribution in [0.4, 0.5) is 0 Å².